The molecule has 0 radical (unpaired) electrons. The van der Waals surface area contributed by atoms with Gasteiger partial charge >= 0.3 is 18.1 Å². The van der Waals surface area contributed by atoms with Crippen LogP contribution in [0.4, 0.5) is 13.2 Å². The lowest BCUT2D eigenvalue weighted by Gasteiger charge is -2.56. The van der Waals surface area contributed by atoms with Crippen molar-refractivity contribution in [2.24, 2.45) is 11.3 Å². The number of ether oxygens (including phenoxy) is 1. The quantitative estimate of drug-likeness (QED) is 0.145. The maximum atomic E-state index is 11.3. The molecule has 11 heteroatoms. The average Bonchev–Trinajstić information content (AvgIpc) is 3.50. The molecule has 3 atom stereocenters. The number of aliphatic carboxylic acids is 2. The third-order valence-electron chi connectivity index (χ3n) is 11.9. The summed E-state index contributed by atoms with van der Waals surface area (Å²) in [6, 6.07) is 30.5. The minimum Gasteiger partial charge on any atom is -0.482 e. The van der Waals surface area contributed by atoms with Gasteiger partial charge in [0.25, 0.3) is 0 Å². The standard InChI is InChI=1S/C44H51N3O3.C2HF3O2/c1-29(2)31-14-17-37-34(23-31)16-19-40-43(3,20-9-21-44(37,40)4)28-47-39-18-15-33(32-11-7-10-30(22-32)26-46(5)6)25-38(39)45-42(47)35-12-8-13-36(24-35)50-27-41(48)49;3-2(4,5)1(6)7/h7-8,10-15,17-18,22-25,29,40H,9,16,19-21,26-28H2,1-6H3,(H,48,49);(H,6,7)/t40-,43+,44+;/m0./s1. The van der Waals surface area contributed by atoms with Crippen LogP contribution in [0.25, 0.3) is 33.5 Å². The van der Waals surface area contributed by atoms with Gasteiger partial charge in [0.15, 0.2) is 6.61 Å². The topological polar surface area (TPSA) is 105 Å². The van der Waals surface area contributed by atoms with Gasteiger partial charge in [-0.05, 0) is 126 Å². The number of rotatable bonds is 10. The van der Waals surface area contributed by atoms with E-state index in [0.29, 0.717) is 17.6 Å². The Kier molecular flexibility index (Phi) is 11.9. The first-order valence-electron chi connectivity index (χ1n) is 19.5. The Morgan fingerprint density at radius 1 is 0.930 bits per heavy atom. The lowest BCUT2D eigenvalue weighted by Crippen LogP contribution is -2.50. The van der Waals surface area contributed by atoms with Crippen molar-refractivity contribution in [3.8, 4) is 28.3 Å². The number of nitrogens with zero attached hydrogens (tertiary/aromatic N) is 3. The lowest BCUT2D eigenvalue weighted by atomic mass is 9.49. The largest absolute Gasteiger partial charge is 0.490 e. The first kappa shape index (κ1) is 41.5. The zero-order valence-electron chi connectivity index (χ0n) is 33.5. The average molecular weight is 784 g/mol. The number of halogens is 3. The molecule has 302 valence electrons. The normalized spacial score (nSPS) is 20.4. The van der Waals surface area contributed by atoms with E-state index in [0.717, 1.165) is 47.5 Å². The Balaban J connectivity index is 0.000000719. The fraction of sp³-hybridized carbons (Fsp3) is 0.413. The van der Waals surface area contributed by atoms with Crippen LogP contribution in [-0.4, -0.2) is 63.5 Å². The van der Waals surface area contributed by atoms with Crippen molar-refractivity contribution in [2.75, 3.05) is 20.7 Å². The molecule has 1 fully saturated rings. The lowest BCUT2D eigenvalue weighted by molar-refractivity contribution is -0.192. The second-order valence-electron chi connectivity index (χ2n) is 16.8. The number of aryl methyl sites for hydroxylation is 1. The summed E-state index contributed by atoms with van der Waals surface area (Å²) in [5.74, 6) is -1.25. The molecule has 2 N–H and O–H groups in total. The third kappa shape index (κ3) is 9.04. The number of aromatic nitrogens is 2. The predicted molar refractivity (Wildman–Crippen MR) is 216 cm³/mol. The Bertz CT molecular complexity index is 2260. The van der Waals surface area contributed by atoms with E-state index in [1.807, 2.05) is 18.2 Å². The van der Waals surface area contributed by atoms with Gasteiger partial charge in [0.05, 0.1) is 11.0 Å². The van der Waals surface area contributed by atoms with Gasteiger partial charge in [-0.1, -0.05) is 88.7 Å². The summed E-state index contributed by atoms with van der Waals surface area (Å²) in [6.07, 6.45) is 0.822. The van der Waals surface area contributed by atoms with E-state index in [9.17, 15) is 23.1 Å². The number of alkyl halides is 3. The molecule has 8 nitrogen and oxygen atoms in total. The minimum atomic E-state index is -5.08. The van der Waals surface area contributed by atoms with E-state index in [1.165, 1.54) is 42.4 Å². The molecule has 0 aliphatic heterocycles. The van der Waals surface area contributed by atoms with Crippen LogP contribution >= 0.6 is 0 Å². The van der Waals surface area contributed by atoms with Crippen molar-refractivity contribution in [2.45, 2.75) is 90.4 Å². The van der Waals surface area contributed by atoms with E-state index < -0.39 is 18.1 Å². The van der Waals surface area contributed by atoms with E-state index in [4.69, 9.17) is 19.6 Å². The fourth-order valence-corrected chi connectivity index (χ4v) is 9.33. The smallest absolute Gasteiger partial charge is 0.482 e. The molecule has 1 heterocycles. The number of fused-ring (bicyclic) bond motifs is 4. The van der Waals surface area contributed by atoms with Crippen LogP contribution in [0, 0.1) is 11.3 Å². The van der Waals surface area contributed by atoms with E-state index >= 15 is 0 Å². The minimum absolute atomic E-state index is 0.0559. The molecule has 1 aromatic heterocycles. The number of benzene rings is 4. The summed E-state index contributed by atoms with van der Waals surface area (Å²) in [5, 5.41) is 16.4. The van der Waals surface area contributed by atoms with Crippen molar-refractivity contribution < 1.29 is 37.7 Å². The molecular formula is C46H52F3N3O5. The van der Waals surface area contributed by atoms with Crippen LogP contribution in [0.15, 0.2) is 84.9 Å². The number of carbonyl (C=O) groups is 2. The number of imidazole rings is 1. The monoisotopic (exact) mass is 783 g/mol. The first-order valence-corrected chi connectivity index (χ1v) is 19.5. The maximum absolute atomic E-state index is 11.3. The van der Waals surface area contributed by atoms with Crippen LogP contribution < -0.4 is 4.74 Å². The van der Waals surface area contributed by atoms with Gasteiger partial charge in [-0.2, -0.15) is 13.2 Å². The van der Waals surface area contributed by atoms with E-state index in [1.54, 1.807) is 11.1 Å². The van der Waals surface area contributed by atoms with Crippen LogP contribution in [0.5, 0.6) is 5.75 Å². The second-order valence-corrected chi connectivity index (χ2v) is 16.8. The Labute approximate surface area is 332 Å². The van der Waals surface area contributed by atoms with Gasteiger partial charge in [-0.25, -0.2) is 14.6 Å². The van der Waals surface area contributed by atoms with Crippen molar-refractivity contribution >= 4 is 23.0 Å². The van der Waals surface area contributed by atoms with Crippen molar-refractivity contribution in [3.63, 3.8) is 0 Å². The van der Waals surface area contributed by atoms with E-state index in [2.05, 4.69) is 118 Å². The highest BCUT2D eigenvalue weighted by Gasteiger charge is 2.52. The molecule has 57 heavy (non-hydrogen) atoms. The molecule has 2 aliphatic carbocycles. The van der Waals surface area contributed by atoms with Gasteiger partial charge in [0, 0.05) is 18.7 Å². The highest BCUT2D eigenvalue weighted by molar-refractivity contribution is 5.86. The molecule has 0 saturated heterocycles. The first-order chi connectivity index (χ1) is 26.9. The number of carboxylic acid groups (broad SMARTS) is 2. The van der Waals surface area contributed by atoms with Gasteiger partial charge < -0.3 is 24.4 Å². The molecule has 7 rings (SSSR count). The Morgan fingerprint density at radius 2 is 1.63 bits per heavy atom. The van der Waals surface area contributed by atoms with Crippen molar-refractivity contribution in [1.82, 2.24) is 14.5 Å². The Hall–Kier alpha value is -5.16. The highest BCUT2D eigenvalue weighted by atomic mass is 19.4. The second kappa shape index (κ2) is 16.4. The molecule has 0 bridgehead atoms. The molecule has 4 aromatic carbocycles. The number of carboxylic acids is 2. The van der Waals surface area contributed by atoms with Crippen LogP contribution in [0.2, 0.25) is 0 Å². The number of hydrogen-bond donors (Lipinski definition) is 2. The summed E-state index contributed by atoms with van der Waals surface area (Å²) in [4.78, 5) is 27.7. The SMILES string of the molecule is CC(C)c1ccc2c(c1)CC[C@H]1[C@@](C)(Cn3c(-c4cccc(OCC(=O)O)c4)nc4cc(-c5cccc(CN(C)C)c5)ccc43)CCC[C@]21C.O=C(O)C(F)(F)F. The van der Waals surface area contributed by atoms with Gasteiger partial charge in [0.1, 0.15) is 11.6 Å². The summed E-state index contributed by atoms with van der Waals surface area (Å²) in [5.41, 5.74) is 11.4. The van der Waals surface area contributed by atoms with Crippen molar-refractivity contribution in [1.29, 1.82) is 0 Å². The zero-order valence-corrected chi connectivity index (χ0v) is 33.5. The fourth-order valence-electron chi connectivity index (χ4n) is 9.33. The van der Waals surface area contributed by atoms with Gasteiger partial charge in [0.2, 0.25) is 0 Å². The summed E-state index contributed by atoms with van der Waals surface area (Å²) < 4.78 is 39.8. The molecule has 2 aliphatic rings. The highest BCUT2D eigenvalue weighted by Crippen LogP contribution is 2.58. The van der Waals surface area contributed by atoms with E-state index in [-0.39, 0.29) is 17.4 Å². The van der Waals surface area contributed by atoms with Crippen molar-refractivity contribution in [3.05, 3.63) is 107 Å². The molecule has 1 saturated carbocycles. The molecular weight excluding hydrogens is 732 g/mol. The molecule has 0 amide bonds. The van der Waals surface area contributed by atoms with Crippen LogP contribution in [0.3, 0.4) is 0 Å². The van der Waals surface area contributed by atoms with Gasteiger partial charge in [-0.3, -0.25) is 0 Å². The molecule has 5 aromatic rings. The molecule has 0 unspecified atom stereocenters. The predicted octanol–water partition coefficient (Wildman–Crippen LogP) is 10.4. The van der Waals surface area contributed by atoms with Gasteiger partial charge in [-0.15, -0.1) is 0 Å². The number of hydrogen-bond acceptors (Lipinski definition) is 5. The third-order valence-corrected chi connectivity index (χ3v) is 11.9. The summed E-state index contributed by atoms with van der Waals surface area (Å²) >= 11 is 0. The summed E-state index contributed by atoms with van der Waals surface area (Å²) in [7, 11) is 4.19. The molecule has 0 spiro atoms. The van der Waals surface area contributed by atoms with Crippen LogP contribution in [0.1, 0.15) is 81.5 Å². The zero-order chi connectivity index (χ0) is 41.3. The van der Waals surface area contributed by atoms with Crippen LogP contribution in [-0.2, 0) is 34.5 Å². The maximum Gasteiger partial charge on any atom is 0.490 e. The summed E-state index contributed by atoms with van der Waals surface area (Å²) in [6.45, 7) is 11.0. The Morgan fingerprint density at radius 3 is 2.32 bits per heavy atom.